The summed E-state index contributed by atoms with van der Waals surface area (Å²) >= 11 is 0. The van der Waals surface area contributed by atoms with E-state index in [0.29, 0.717) is 28.5 Å². The second kappa shape index (κ2) is 6.36. The first-order chi connectivity index (χ1) is 12.2. The van der Waals surface area contributed by atoms with Crippen molar-refractivity contribution in [2.24, 2.45) is 0 Å². The van der Waals surface area contributed by atoms with Crippen molar-refractivity contribution in [2.75, 3.05) is 7.11 Å². The van der Waals surface area contributed by atoms with Crippen LogP contribution >= 0.6 is 0 Å². The van der Waals surface area contributed by atoms with E-state index in [9.17, 15) is 18.3 Å². The highest BCUT2D eigenvalue weighted by Crippen LogP contribution is 2.31. The van der Waals surface area contributed by atoms with Gasteiger partial charge in [0, 0.05) is 0 Å². The number of methoxy groups -OCH3 is 1. The first-order valence-corrected chi connectivity index (χ1v) is 9.39. The van der Waals surface area contributed by atoms with Gasteiger partial charge in [0.05, 0.1) is 25.1 Å². The van der Waals surface area contributed by atoms with Gasteiger partial charge in [-0.05, 0) is 44.0 Å². The van der Waals surface area contributed by atoms with Crippen molar-refractivity contribution in [1.82, 2.24) is 19.1 Å². The van der Waals surface area contributed by atoms with Crippen LogP contribution in [0.4, 0.5) is 0 Å². The molecule has 1 aliphatic rings. The summed E-state index contributed by atoms with van der Waals surface area (Å²) in [5.74, 6) is 0.340. The van der Waals surface area contributed by atoms with Gasteiger partial charge in [-0.15, -0.1) is 10.2 Å². The Morgan fingerprint density at radius 1 is 1.23 bits per heavy atom. The van der Waals surface area contributed by atoms with Gasteiger partial charge < -0.3 is 14.4 Å². The molecule has 0 spiro atoms. The normalized spacial score (nSPS) is 17.8. The summed E-state index contributed by atoms with van der Waals surface area (Å²) in [6, 6.07) is 1.91. The average molecular weight is 380 g/mol. The van der Waals surface area contributed by atoms with Gasteiger partial charge in [0.15, 0.2) is 0 Å². The number of ether oxygens (including phenoxy) is 1. The van der Waals surface area contributed by atoms with Crippen molar-refractivity contribution >= 4 is 16.0 Å². The molecule has 1 N–H and O–H groups in total. The van der Waals surface area contributed by atoms with Crippen LogP contribution in [0.1, 0.15) is 22.8 Å². The summed E-state index contributed by atoms with van der Waals surface area (Å²) in [5, 5.41) is 17.5. The summed E-state index contributed by atoms with van der Waals surface area (Å²) in [6.07, 6.45) is 0. The molecule has 0 radical (unpaired) electrons. The average Bonchev–Trinajstić information content (AvgIpc) is 2.95. The van der Waals surface area contributed by atoms with Gasteiger partial charge in [-0.2, -0.15) is 4.31 Å². The van der Waals surface area contributed by atoms with Gasteiger partial charge in [-0.3, -0.25) is 4.79 Å². The molecular weight excluding hydrogens is 360 g/mol. The van der Waals surface area contributed by atoms with Crippen LogP contribution in [0.5, 0.6) is 5.75 Å². The lowest BCUT2D eigenvalue weighted by molar-refractivity contribution is -0.142. The van der Waals surface area contributed by atoms with Crippen LogP contribution in [0.2, 0.25) is 0 Å². The molecule has 0 bridgehead atoms. The third-order valence-corrected chi connectivity index (χ3v) is 6.57. The van der Waals surface area contributed by atoms with Crippen molar-refractivity contribution in [3.05, 3.63) is 34.9 Å². The number of aliphatic carboxylic acids is 1. The first-order valence-electron chi connectivity index (χ1n) is 7.95. The number of hydrogen-bond acceptors (Lipinski definition) is 6. The highest BCUT2D eigenvalue weighted by molar-refractivity contribution is 7.89. The predicted octanol–water partition coefficient (Wildman–Crippen LogP) is 0.870. The van der Waals surface area contributed by atoms with Crippen LogP contribution in [0, 0.1) is 20.8 Å². The van der Waals surface area contributed by atoms with Crippen LogP contribution in [0.3, 0.4) is 0 Å². The molecule has 2 aromatic rings. The largest absolute Gasteiger partial charge is 0.496 e. The number of fused-ring (bicyclic) bond motifs is 1. The molecule has 0 fully saturated rings. The van der Waals surface area contributed by atoms with E-state index in [0.717, 1.165) is 4.31 Å². The quantitative estimate of drug-likeness (QED) is 0.837. The molecule has 26 heavy (non-hydrogen) atoms. The van der Waals surface area contributed by atoms with E-state index in [2.05, 4.69) is 10.2 Å². The fraction of sp³-hybridized carbons (Fsp3) is 0.438. The number of hydrogen-bond donors (Lipinski definition) is 1. The smallest absolute Gasteiger partial charge is 0.323 e. The van der Waals surface area contributed by atoms with Crippen LogP contribution in [0.25, 0.3) is 0 Å². The minimum absolute atomic E-state index is 0.0308. The van der Waals surface area contributed by atoms with Crippen LogP contribution in [-0.2, 0) is 27.9 Å². The second-order valence-electron chi connectivity index (χ2n) is 6.27. The molecule has 140 valence electrons. The van der Waals surface area contributed by atoms with E-state index in [1.165, 1.54) is 13.2 Å². The third kappa shape index (κ3) is 2.84. The zero-order chi connectivity index (χ0) is 19.2. The van der Waals surface area contributed by atoms with Gasteiger partial charge in [0.25, 0.3) is 0 Å². The highest BCUT2D eigenvalue weighted by Gasteiger charge is 2.41. The molecule has 3 rings (SSSR count). The van der Waals surface area contributed by atoms with E-state index in [4.69, 9.17) is 4.74 Å². The lowest BCUT2D eigenvalue weighted by Crippen LogP contribution is -2.50. The van der Waals surface area contributed by atoms with Crippen LogP contribution in [0.15, 0.2) is 17.0 Å². The molecule has 10 heteroatoms. The van der Waals surface area contributed by atoms with Crippen molar-refractivity contribution in [3.63, 3.8) is 0 Å². The Hall–Kier alpha value is -2.46. The molecule has 0 saturated carbocycles. The van der Waals surface area contributed by atoms with E-state index < -0.39 is 22.0 Å². The molecule has 2 heterocycles. The fourth-order valence-corrected chi connectivity index (χ4v) is 4.96. The molecule has 0 saturated heterocycles. The highest BCUT2D eigenvalue weighted by atomic mass is 32.2. The van der Waals surface area contributed by atoms with Gasteiger partial charge >= 0.3 is 5.97 Å². The zero-order valence-corrected chi connectivity index (χ0v) is 15.7. The Kier molecular flexibility index (Phi) is 4.49. The topological polar surface area (TPSA) is 115 Å². The number of rotatable bonds is 4. The molecular formula is C16H20N4O5S. The maximum absolute atomic E-state index is 13.3. The van der Waals surface area contributed by atoms with Gasteiger partial charge in [0.1, 0.15) is 23.4 Å². The maximum atomic E-state index is 13.3. The number of nitrogens with zero attached hydrogens (tertiary/aromatic N) is 4. The fourth-order valence-electron chi connectivity index (χ4n) is 3.13. The molecule has 9 nitrogen and oxygen atoms in total. The van der Waals surface area contributed by atoms with E-state index in [1.807, 2.05) is 0 Å². The number of aryl methyl sites for hydroxylation is 3. The summed E-state index contributed by atoms with van der Waals surface area (Å²) in [7, 11) is -2.54. The Morgan fingerprint density at radius 3 is 2.54 bits per heavy atom. The Morgan fingerprint density at radius 2 is 1.92 bits per heavy atom. The number of carboxylic acids is 1. The van der Waals surface area contributed by atoms with Crippen molar-refractivity contribution < 1.29 is 23.1 Å². The number of aromatic nitrogens is 3. The van der Waals surface area contributed by atoms with Gasteiger partial charge in [-0.1, -0.05) is 0 Å². The first kappa shape index (κ1) is 18.3. The molecule has 1 atom stereocenters. The minimum atomic E-state index is -4.05. The summed E-state index contributed by atoms with van der Waals surface area (Å²) in [6.45, 7) is 4.92. The number of benzene rings is 1. The van der Waals surface area contributed by atoms with E-state index in [1.54, 1.807) is 31.4 Å². The van der Waals surface area contributed by atoms with Crippen LogP contribution in [-0.4, -0.2) is 51.7 Å². The van der Waals surface area contributed by atoms with Crippen molar-refractivity contribution in [3.8, 4) is 5.75 Å². The SMILES string of the molecule is COc1cc(C)c(S(=O)(=O)N2Cc3nnc(C)n3CC2C(=O)O)cc1C. The summed E-state index contributed by atoms with van der Waals surface area (Å²) in [4.78, 5) is 11.8. The predicted molar refractivity (Wildman–Crippen MR) is 91.4 cm³/mol. The molecule has 1 unspecified atom stereocenters. The number of carbonyl (C=O) groups is 1. The number of sulfonamides is 1. The lowest BCUT2D eigenvalue weighted by Gasteiger charge is -2.33. The summed E-state index contributed by atoms with van der Waals surface area (Å²) < 4.78 is 34.3. The van der Waals surface area contributed by atoms with Gasteiger partial charge in [0.2, 0.25) is 10.0 Å². The lowest BCUT2D eigenvalue weighted by atomic mass is 10.1. The molecule has 0 amide bonds. The van der Waals surface area contributed by atoms with E-state index in [-0.39, 0.29) is 18.0 Å². The second-order valence-corrected chi connectivity index (χ2v) is 8.12. The van der Waals surface area contributed by atoms with Crippen LogP contribution < -0.4 is 4.74 Å². The Bertz CT molecular complexity index is 983. The minimum Gasteiger partial charge on any atom is -0.496 e. The molecule has 1 aromatic heterocycles. The number of carboxylic acid groups (broad SMARTS) is 1. The Labute approximate surface area is 151 Å². The maximum Gasteiger partial charge on any atom is 0.323 e. The van der Waals surface area contributed by atoms with Crippen molar-refractivity contribution in [2.45, 2.75) is 44.8 Å². The molecule has 0 aliphatic carbocycles. The van der Waals surface area contributed by atoms with E-state index >= 15 is 0 Å². The summed E-state index contributed by atoms with van der Waals surface area (Å²) in [5.41, 5.74) is 1.14. The molecule has 1 aromatic carbocycles. The molecule has 1 aliphatic heterocycles. The Balaban J connectivity index is 2.11. The monoisotopic (exact) mass is 380 g/mol. The van der Waals surface area contributed by atoms with Crippen molar-refractivity contribution in [1.29, 1.82) is 0 Å². The standard InChI is InChI=1S/C16H20N4O5S/c1-9-6-14(10(2)5-13(9)25-4)26(23,24)20-8-15-18-17-11(3)19(15)7-12(20)16(21)22/h5-6,12H,7-8H2,1-4H3,(H,21,22). The van der Waals surface area contributed by atoms with Gasteiger partial charge in [-0.25, -0.2) is 8.42 Å². The zero-order valence-electron chi connectivity index (χ0n) is 14.9. The third-order valence-electron chi connectivity index (χ3n) is 4.58.